The van der Waals surface area contributed by atoms with Crippen molar-refractivity contribution < 1.29 is 4.74 Å². The summed E-state index contributed by atoms with van der Waals surface area (Å²) >= 11 is 5.30. The smallest absolute Gasteiger partial charge is 0.170 e. The van der Waals surface area contributed by atoms with Gasteiger partial charge in [0.05, 0.1) is 18.0 Å². The first-order valence-electron chi connectivity index (χ1n) is 8.15. The number of anilines is 3. The molecule has 0 radical (unpaired) electrons. The van der Waals surface area contributed by atoms with Crippen molar-refractivity contribution in [1.82, 2.24) is 10.3 Å². The normalized spacial score (nSPS) is 16.6. The Morgan fingerprint density at radius 1 is 1.21 bits per heavy atom. The summed E-state index contributed by atoms with van der Waals surface area (Å²) in [5, 5.41) is 10.2. The zero-order valence-electron chi connectivity index (χ0n) is 13.7. The Morgan fingerprint density at radius 3 is 2.67 bits per heavy atom. The number of aromatic nitrogens is 1. The van der Waals surface area contributed by atoms with Crippen LogP contribution in [0.1, 0.15) is 18.4 Å². The Labute approximate surface area is 147 Å². The molecular formula is C18H22N4OS. The van der Waals surface area contributed by atoms with E-state index in [0.717, 1.165) is 43.2 Å². The number of nitrogens with zero attached hydrogens (tertiary/aromatic N) is 1. The highest BCUT2D eigenvalue weighted by molar-refractivity contribution is 7.80. The minimum absolute atomic E-state index is 0.268. The molecule has 1 aromatic heterocycles. The SMILES string of the molecule is Cc1ccc(Nc2ccc(NC(=S)NCC3CCCO3)cn2)cc1. The van der Waals surface area contributed by atoms with Crippen molar-refractivity contribution in [3.63, 3.8) is 0 Å². The Balaban J connectivity index is 1.48. The van der Waals surface area contributed by atoms with Gasteiger partial charge in [-0.25, -0.2) is 4.98 Å². The van der Waals surface area contributed by atoms with Crippen molar-refractivity contribution >= 4 is 34.5 Å². The number of hydrogen-bond donors (Lipinski definition) is 3. The maximum Gasteiger partial charge on any atom is 0.170 e. The summed E-state index contributed by atoms with van der Waals surface area (Å²) in [6, 6.07) is 12.1. The van der Waals surface area contributed by atoms with Crippen LogP contribution < -0.4 is 16.0 Å². The van der Waals surface area contributed by atoms with Crippen molar-refractivity contribution in [2.24, 2.45) is 0 Å². The molecule has 1 aliphatic rings. The monoisotopic (exact) mass is 342 g/mol. The molecule has 0 amide bonds. The van der Waals surface area contributed by atoms with Gasteiger partial charge in [-0.2, -0.15) is 0 Å². The molecule has 1 unspecified atom stereocenters. The quantitative estimate of drug-likeness (QED) is 0.722. The zero-order valence-corrected chi connectivity index (χ0v) is 14.5. The summed E-state index contributed by atoms with van der Waals surface area (Å²) in [6.45, 7) is 3.66. The number of rotatable bonds is 5. The second kappa shape index (κ2) is 8.08. The van der Waals surface area contributed by atoms with Crippen molar-refractivity contribution in [1.29, 1.82) is 0 Å². The van der Waals surface area contributed by atoms with Crippen molar-refractivity contribution in [3.8, 4) is 0 Å². The van der Waals surface area contributed by atoms with Crippen molar-refractivity contribution in [2.45, 2.75) is 25.9 Å². The molecule has 1 atom stereocenters. The average molecular weight is 342 g/mol. The van der Waals surface area contributed by atoms with Gasteiger partial charge in [0.15, 0.2) is 5.11 Å². The lowest BCUT2D eigenvalue weighted by Crippen LogP contribution is -2.34. The number of nitrogens with one attached hydrogen (secondary N) is 3. The van der Waals surface area contributed by atoms with Crippen LogP contribution in [0, 0.1) is 6.92 Å². The van der Waals surface area contributed by atoms with E-state index >= 15 is 0 Å². The summed E-state index contributed by atoms with van der Waals surface area (Å²) in [4.78, 5) is 4.40. The molecule has 126 valence electrons. The fraction of sp³-hybridized carbons (Fsp3) is 0.333. The lowest BCUT2D eigenvalue weighted by atomic mass is 10.2. The fourth-order valence-corrected chi connectivity index (χ4v) is 2.71. The third kappa shape index (κ3) is 4.91. The van der Waals surface area contributed by atoms with Gasteiger partial charge in [0.25, 0.3) is 0 Å². The van der Waals surface area contributed by atoms with E-state index in [-0.39, 0.29) is 6.10 Å². The van der Waals surface area contributed by atoms with Gasteiger partial charge in [0, 0.05) is 18.8 Å². The molecule has 0 aliphatic carbocycles. The van der Waals surface area contributed by atoms with Crippen LogP contribution in [0.4, 0.5) is 17.2 Å². The third-order valence-electron chi connectivity index (χ3n) is 3.86. The van der Waals surface area contributed by atoms with Crippen LogP contribution in [0.15, 0.2) is 42.6 Å². The standard InChI is InChI=1S/C18H22N4OS/c1-13-4-6-14(7-5-13)21-17-9-8-15(11-19-17)22-18(24)20-12-16-3-2-10-23-16/h4-9,11,16H,2-3,10,12H2,1H3,(H,19,21)(H2,20,22,24). The van der Waals surface area contributed by atoms with E-state index in [9.17, 15) is 0 Å². The van der Waals surface area contributed by atoms with Crippen LogP contribution in [0.5, 0.6) is 0 Å². The number of hydrogen-bond acceptors (Lipinski definition) is 4. The van der Waals surface area contributed by atoms with Gasteiger partial charge >= 0.3 is 0 Å². The highest BCUT2D eigenvalue weighted by Gasteiger charge is 2.15. The number of thiocarbonyl (C=S) groups is 1. The highest BCUT2D eigenvalue weighted by Crippen LogP contribution is 2.16. The lowest BCUT2D eigenvalue weighted by molar-refractivity contribution is 0.114. The highest BCUT2D eigenvalue weighted by atomic mass is 32.1. The molecule has 1 fully saturated rings. The molecule has 0 spiro atoms. The van der Waals surface area contributed by atoms with Crippen LogP contribution >= 0.6 is 12.2 Å². The predicted molar refractivity (Wildman–Crippen MR) is 102 cm³/mol. The molecule has 0 saturated carbocycles. The number of aryl methyl sites for hydroxylation is 1. The van der Waals surface area contributed by atoms with Crippen LogP contribution in [0.2, 0.25) is 0 Å². The van der Waals surface area contributed by atoms with Crippen LogP contribution in [-0.4, -0.2) is 29.4 Å². The minimum atomic E-state index is 0.268. The van der Waals surface area contributed by atoms with Crippen LogP contribution in [-0.2, 0) is 4.74 Å². The predicted octanol–water partition coefficient (Wildman–Crippen LogP) is 3.60. The van der Waals surface area contributed by atoms with Gasteiger partial charge in [-0.05, 0) is 56.2 Å². The molecule has 2 aromatic rings. The third-order valence-corrected chi connectivity index (χ3v) is 4.11. The van der Waals surface area contributed by atoms with Crippen LogP contribution in [0.3, 0.4) is 0 Å². The summed E-state index contributed by atoms with van der Waals surface area (Å²) < 4.78 is 5.56. The molecule has 1 aliphatic heterocycles. The average Bonchev–Trinajstić information content (AvgIpc) is 3.10. The van der Waals surface area contributed by atoms with E-state index in [2.05, 4.69) is 40.0 Å². The van der Waals surface area contributed by atoms with Crippen molar-refractivity contribution in [3.05, 3.63) is 48.2 Å². The lowest BCUT2D eigenvalue weighted by Gasteiger charge is -2.14. The molecule has 5 nitrogen and oxygen atoms in total. The second-order valence-electron chi connectivity index (χ2n) is 5.89. The largest absolute Gasteiger partial charge is 0.376 e. The number of benzene rings is 1. The fourth-order valence-electron chi connectivity index (χ4n) is 2.51. The summed E-state index contributed by atoms with van der Waals surface area (Å²) in [5.74, 6) is 0.794. The summed E-state index contributed by atoms with van der Waals surface area (Å²) in [7, 11) is 0. The van der Waals surface area contributed by atoms with E-state index < -0.39 is 0 Å². The maximum absolute atomic E-state index is 5.56. The molecule has 0 bridgehead atoms. The first-order valence-corrected chi connectivity index (χ1v) is 8.56. The molecule has 24 heavy (non-hydrogen) atoms. The zero-order chi connectivity index (χ0) is 16.8. The Morgan fingerprint density at radius 2 is 2.00 bits per heavy atom. The van der Waals surface area contributed by atoms with Gasteiger partial charge in [-0.15, -0.1) is 0 Å². The van der Waals surface area contributed by atoms with E-state index in [1.165, 1.54) is 5.56 Å². The van der Waals surface area contributed by atoms with E-state index in [1.54, 1.807) is 6.20 Å². The molecule has 3 N–H and O–H groups in total. The second-order valence-corrected chi connectivity index (χ2v) is 6.30. The molecule has 6 heteroatoms. The van der Waals surface area contributed by atoms with Gasteiger partial charge < -0.3 is 20.7 Å². The number of ether oxygens (including phenoxy) is 1. The molecular weight excluding hydrogens is 320 g/mol. The molecule has 2 heterocycles. The van der Waals surface area contributed by atoms with Crippen molar-refractivity contribution in [2.75, 3.05) is 23.8 Å². The first-order chi connectivity index (χ1) is 11.7. The molecule has 1 saturated heterocycles. The Hall–Kier alpha value is -2.18. The molecule has 1 aromatic carbocycles. The summed E-state index contributed by atoms with van der Waals surface area (Å²) in [6.07, 6.45) is 4.25. The van der Waals surface area contributed by atoms with E-state index in [4.69, 9.17) is 17.0 Å². The maximum atomic E-state index is 5.56. The van der Waals surface area contributed by atoms with Gasteiger partial charge in [0.1, 0.15) is 5.82 Å². The minimum Gasteiger partial charge on any atom is -0.376 e. The van der Waals surface area contributed by atoms with Crippen LogP contribution in [0.25, 0.3) is 0 Å². The van der Waals surface area contributed by atoms with Gasteiger partial charge in [0.2, 0.25) is 0 Å². The first kappa shape index (κ1) is 16.7. The van der Waals surface area contributed by atoms with Gasteiger partial charge in [-0.1, -0.05) is 17.7 Å². The molecule has 3 rings (SSSR count). The van der Waals surface area contributed by atoms with E-state index in [0.29, 0.717) is 5.11 Å². The van der Waals surface area contributed by atoms with E-state index in [1.807, 2.05) is 24.3 Å². The number of pyridine rings is 1. The Bertz CT molecular complexity index is 666. The Kier molecular flexibility index (Phi) is 5.61. The summed E-state index contributed by atoms with van der Waals surface area (Å²) in [5.41, 5.74) is 3.11. The topological polar surface area (TPSA) is 58.2 Å². The van der Waals surface area contributed by atoms with Gasteiger partial charge in [-0.3, -0.25) is 0 Å².